The Kier molecular flexibility index (Phi) is 2.63. The van der Waals surface area contributed by atoms with Gasteiger partial charge in [0.25, 0.3) is 0 Å². The van der Waals surface area contributed by atoms with E-state index in [-0.39, 0.29) is 5.97 Å². The van der Waals surface area contributed by atoms with Crippen LogP contribution in [0, 0.1) is 0 Å². The van der Waals surface area contributed by atoms with E-state index in [2.05, 4.69) is 4.98 Å². The van der Waals surface area contributed by atoms with Gasteiger partial charge in [0.05, 0.1) is 11.9 Å². The summed E-state index contributed by atoms with van der Waals surface area (Å²) in [5.41, 5.74) is 5.86. The van der Waals surface area contributed by atoms with Gasteiger partial charge in [-0.2, -0.15) is 0 Å². The van der Waals surface area contributed by atoms with Gasteiger partial charge in [-0.05, 0) is 0 Å². The average molecular weight is 166 g/mol. The Labute approximate surface area is 70.4 Å². The monoisotopic (exact) mass is 166 g/mol. The highest BCUT2D eigenvalue weighted by molar-refractivity contribution is 5.73. The van der Waals surface area contributed by atoms with Crippen molar-refractivity contribution in [1.82, 2.24) is 4.98 Å². The highest BCUT2D eigenvalue weighted by Crippen LogP contribution is 2.18. The summed E-state index contributed by atoms with van der Waals surface area (Å²) in [4.78, 5) is 14.6. The standard InChI is InChI=1S/C8H10N2O2/c1-2-8(11)12-7-3-4-10-5-6(7)9/h3-5H,2,9H2,1H3. The van der Waals surface area contributed by atoms with E-state index in [0.29, 0.717) is 17.9 Å². The maximum atomic E-state index is 10.8. The fraction of sp³-hybridized carbons (Fsp3) is 0.250. The average Bonchev–Trinajstić information content (AvgIpc) is 2.09. The molecule has 0 unspecified atom stereocenters. The number of nitrogen functional groups attached to an aromatic ring is 1. The van der Waals surface area contributed by atoms with Crippen LogP contribution in [0.1, 0.15) is 13.3 Å². The Bertz CT molecular complexity index is 286. The van der Waals surface area contributed by atoms with Crippen LogP contribution in [-0.2, 0) is 4.79 Å². The van der Waals surface area contributed by atoms with Crippen molar-refractivity contribution in [3.8, 4) is 5.75 Å². The van der Waals surface area contributed by atoms with Crippen LogP contribution in [0.25, 0.3) is 0 Å². The third-order valence-corrected chi connectivity index (χ3v) is 1.32. The zero-order valence-corrected chi connectivity index (χ0v) is 6.78. The molecule has 2 N–H and O–H groups in total. The lowest BCUT2D eigenvalue weighted by molar-refractivity contribution is -0.133. The lowest BCUT2D eigenvalue weighted by Gasteiger charge is -2.03. The first-order chi connectivity index (χ1) is 5.74. The second-order valence-corrected chi connectivity index (χ2v) is 2.24. The van der Waals surface area contributed by atoms with Gasteiger partial charge in [0.2, 0.25) is 0 Å². The quantitative estimate of drug-likeness (QED) is 0.665. The van der Waals surface area contributed by atoms with Crippen LogP contribution in [-0.4, -0.2) is 11.0 Å². The smallest absolute Gasteiger partial charge is 0.310 e. The number of esters is 1. The first-order valence-corrected chi connectivity index (χ1v) is 3.64. The second kappa shape index (κ2) is 3.71. The molecule has 64 valence electrons. The molecular formula is C8H10N2O2. The molecule has 0 spiro atoms. The summed E-state index contributed by atoms with van der Waals surface area (Å²) >= 11 is 0. The number of anilines is 1. The van der Waals surface area contributed by atoms with Crippen LogP contribution >= 0.6 is 0 Å². The van der Waals surface area contributed by atoms with Crippen molar-refractivity contribution in [1.29, 1.82) is 0 Å². The Balaban J connectivity index is 2.75. The molecular weight excluding hydrogens is 156 g/mol. The number of aromatic nitrogens is 1. The maximum absolute atomic E-state index is 10.8. The van der Waals surface area contributed by atoms with E-state index < -0.39 is 0 Å². The van der Waals surface area contributed by atoms with Crippen molar-refractivity contribution >= 4 is 11.7 Å². The molecule has 0 amide bonds. The fourth-order valence-electron chi connectivity index (χ4n) is 0.682. The predicted octanol–water partition coefficient (Wildman–Crippen LogP) is 0.979. The molecule has 0 aliphatic carbocycles. The molecule has 1 aromatic heterocycles. The molecule has 0 aliphatic rings. The minimum atomic E-state index is -0.298. The molecule has 0 aromatic carbocycles. The number of carbonyl (C=O) groups excluding carboxylic acids is 1. The second-order valence-electron chi connectivity index (χ2n) is 2.24. The molecule has 12 heavy (non-hydrogen) atoms. The van der Waals surface area contributed by atoms with Crippen molar-refractivity contribution in [2.75, 3.05) is 5.73 Å². The molecule has 0 atom stereocenters. The minimum Gasteiger partial charge on any atom is -0.424 e. The molecule has 4 nitrogen and oxygen atoms in total. The van der Waals surface area contributed by atoms with Crippen LogP contribution in [0.3, 0.4) is 0 Å². The van der Waals surface area contributed by atoms with Crippen molar-refractivity contribution in [2.24, 2.45) is 0 Å². The number of nitrogens with zero attached hydrogens (tertiary/aromatic N) is 1. The first kappa shape index (κ1) is 8.52. The van der Waals surface area contributed by atoms with Crippen LogP contribution < -0.4 is 10.5 Å². The van der Waals surface area contributed by atoms with Crippen LogP contribution in [0.4, 0.5) is 5.69 Å². The third kappa shape index (κ3) is 1.95. The SMILES string of the molecule is CCC(=O)Oc1ccncc1N. The molecule has 0 aliphatic heterocycles. The van der Waals surface area contributed by atoms with Gasteiger partial charge in [-0.15, -0.1) is 0 Å². The van der Waals surface area contributed by atoms with Crippen molar-refractivity contribution in [2.45, 2.75) is 13.3 Å². The summed E-state index contributed by atoms with van der Waals surface area (Å²) in [6.07, 6.45) is 3.30. The Hall–Kier alpha value is -1.58. The Morgan fingerprint density at radius 2 is 2.50 bits per heavy atom. The summed E-state index contributed by atoms with van der Waals surface area (Å²) in [6.45, 7) is 1.72. The molecule has 1 rings (SSSR count). The summed E-state index contributed by atoms with van der Waals surface area (Å²) in [5, 5.41) is 0. The minimum absolute atomic E-state index is 0.298. The van der Waals surface area contributed by atoms with Crippen molar-refractivity contribution in [3.05, 3.63) is 18.5 Å². The highest BCUT2D eigenvalue weighted by atomic mass is 16.5. The van der Waals surface area contributed by atoms with Crippen LogP contribution in [0.5, 0.6) is 5.75 Å². The molecule has 4 heteroatoms. The first-order valence-electron chi connectivity index (χ1n) is 3.64. The topological polar surface area (TPSA) is 65.2 Å². The Morgan fingerprint density at radius 3 is 3.08 bits per heavy atom. The molecule has 0 radical (unpaired) electrons. The van der Waals surface area contributed by atoms with E-state index in [4.69, 9.17) is 10.5 Å². The highest BCUT2D eigenvalue weighted by Gasteiger charge is 2.03. The number of rotatable bonds is 2. The van der Waals surface area contributed by atoms with Gasteiger partial charge in [-0.1, -0.05) is 6.92 Å². The normalized spacial score (nSPS) is 9.42. The molecule has 0 fully saturated rings. The maximum Gasteiger partial charge on any atom is 0.310 e. The van der Waals surface area contributed by atoms with E-state index in [1.54, 1.807) is 13.0 Å². The van der Waals surface area contributed by atoms with Gasteiger partial charge in [0.1, 0.15) is 0 Å². The summed E-state index contributed by atoms with van der Waals surface area (Å²) in [5.74, 6) is 0.0738. The zero-order chi connectivity index (χ0) is 8.97. The van der Waals surface area contributed by atoms with Gasteiger partial charge in [0, 0.05) is 18.7 Å². The predicted molar refractivity (Wildman–Crippen MR) is 44.6 cm³/mol. The van der Waals surface area contributed by atoms with E-state index >= 15 is 0 Å². The number of hydrogen-bond donors (Lipinski definition) is 1. The number of nitrogens with two attached hydrogens (primary N) is 1. The fourth-order valence-corrected chi connectivity index (χ4v) is 0.682. The third-order valence-electron chi connectivity index (χ3n) is 1.32. The number of ether oxygens (including phenoxy) is 1. The van der Waals surface area contributed by atoms with Crippen LogP contribution in [0.15, 0.2) is 18.5 Å². The van der Waals surface area contributed by atoms with E-state index in [0.717, 1.165) is 0 Å². The van der Waals surface area contributed by atoms with Crippen molar-refractivity contribution in [3.63, 3.8) is 0 Å². The van der Waals surface area contributed by atoms with E-state index in [1.807, 2.05) is 0 Å². The van der Waals surface area contributed by atoms with Gasteiger partial charge in [-0.3, -0.25) is 9.78 Å². The van der Waals surface area contributed by atoms with Gasteiger partial charge in [0.15, 0.2) is 5.75 Å². The summed E-state index contributed by atoms with van der Waals surface area (Å²) in [7, 11) is 0. The number of pyridine rings is 1. The Morgan fingerprint density at radius 1 is 1.75 bits per heavy atom. The van der Waals surface area contributed by atoms with Gasteiger partial charge in [-0.25, -0.2) is 0 Å². The number of hydrogen-bond acceptors (Lipinski definition) is 4. The lowest BCUT2D eigenvalue weighted by atomic mass is 10.4. The molecule has 0 saturated heterocycles. The largest absolute Gasteiger partial charge is 0.424 e. The molecule has 1 aromatic rings. The van der Waals surface area contributed by atoms with E-state index in [9.17, 15) is 4.79 Å². The van der Waals surface area contributed by atoms with Gasteiger partial charge >= 0.3 is 5.97 Å². The number of carbonyl (C=O) groups is 1. The molecule has 0 saturated carbocycles. The summed E-state index contributed by atoms with van der Waals surface area (Å²) in [6, 6.07) is 1.56. The molecule has 1 heterocycles. The lowest BCUT2D eigenvalue weighted by Crippen LogP contribution is -2.07. The van der Waals surface area contributed by atoms with E-state index in [1.165, 1.54) is 12.4 Å². The summed E-state index contributed by atoms with van der Waals surface area (Å²) < 4.78 is 4.89. The molecule has 0 bridgehead atoms. The van der Waals surface area contributed by atoms with Crippen LogP contribution in [0.2, 0.25) is 0 Å². The zero-order valence-electron chi connectivity index (χ0n) is 6.78. The van der Waals surface area contributed by atoms with Gasteiger partial charge < -0.3 is 10.5 Å². The van der Waals surface area contributed by atoms with Crippen molar-refractivity contribution < 1.29 is 9.53 Å².